The van der Waals surface area contributed by atoms with Crippen molar-refractivity contribution in [1.29, 1.82) is 0 Å². The number of piperidine rings is 2. The van der Waals surface area contributed by atoms with E-state index in [4.69, 9.17) is 4.98 Å². The van der Waals surface area contributed by atoms with E-state index >= 15 is 0 Å². The largest absolute Gasteiger partial charge is 0.373 e. The molecule has 0 radical (unpaired) electrons. The molecule has 56 heavy (non-hydrogen) atoms. The van der Waals surface area contributed by atoms with Crippen LogP contribution in [-0.2, 0) is 20.9 Å². The van der Waals surface area contributed by atoms with Crippen LogP contribution >= 0.6 is 0 Å². The molecule has 12 nitrogen and oxygen atoms in total. The molecule has 0 saturated carbocycles. The Morgan fingerprint density at radius 1 is 0.911 bits per heavy atom. The molecule has 5 aromatic rings. The van der Waals surface area contributed by atoms with Crippen molar-refractivity contribution in [3.05, 3.63) is 89.4 Å². The van der Waals surface area contributed by atoms with Gasteiger partial charge in [0.05, 0.1) is 17.1 Å². The number of aromatic amines is 1. The van der Waals surface area contributed by atoms with E-state index in [-0.39, 0.29) is 12.3 Å². The lowest BCUT2D eigenvalue weighted by Crippen LogP contribution is -2.37. The fraction of sp³-hybridized carbons (Fsp3) is 0.409. The predicted octanol–water partition coefficient (Wildman–Crippen LogP) is 6.13. The summed E-state index contributed by atoms with van der Waals surface area (Å²) in [6.45, 7) is 10.6. The maximum atomic E-state index is 11.7. The third kappa shape index (κ3) is 9.08. The quantitative estimate of drug-likeness (QED) is 0.108. The minimum atomic E-state index is -0.278. The van der Waals surface area contributed by atoms with Gasteiger partial charge in [0.2, 0.25) is 18.7 Å². The number of carbonyl (C=O) groups is 3. The summed E-state index contributed by atoms with van der Waals surface area (Å²) in [5, 5.41) is 5.93. The van der Waals surface area contributed by atoms with Crippen LogP contribution in [0.5, 0.6) is 0 Å². The van der Waals surface area contributed by atoms with Crippen LogP contribution in [0, 0.1) is 19.8 Å². The van der Waals surface area contributed by atoms with Crippen molar-refractivity contribution in [1.82, 2.24) is 35.5 Å². The van der Waals surface area contributed by atoms with Gasteiger partial charge in [0.25, 0.3) is 0 Å². The van der Waals surface area contributed by atoms with Gasteiger partial charge in [-0.3, -0.25) is 19.7 Å². The number of carbonyl (C=O) groups excluding carboxylic acids is 3. The van der Waals surface area contributed by atoms with Gasteiger partial charge in [-0.05, 0) is 124 Å². The highest BCUT2D eigenvalue weighted by molar-refractivity contribution is 5.94. The molecular weight excluding hydrogens is 703 g/mol. The molecule has 0 spiro atoms. The third-order valence-corrected chi connectivity index (χ3v) is 11.8. The smallest absolute Gasteiger partial charge is 0.228 e. The minimum absolute atomic E-state index is 0.254. The van der Waals surface area contributed by atoms with E-state index in [2.05, 4.69) is 96.9 Å². The van der Waals surface area contributed by atoms with Gasteiger partial charge in [0, 0.05) is 56.3 Å². The summed E-state index contributed by atoms with van der Waals surface area (Å²) in [7, 11) is 1.95. The van der Waals surface area contributed by atoms with E-state index in [1.807, 2.05) is 24.9 Å². The molecule has 2 aliphatic heterocycles. The second-order valence-corrected chi connectivity index (χ2v) is 15.4. The van der Waals surface area contributed by atoms with Gasteiger partial charge >= 0.3 is 0 Å². The van der Waals surface area contributed by atoms with Gasteiger partial charge in [0.1, 0.15) is 17.8 Å². The fourth-order valence-corrected chi connectivity index (χ4v) is 8.41. The number of imide groups is 1. The van der Waals surface area contributed by atoms with Crippen LogP contribution < -0.4 is 20.4 Å². The summed E-state index contributed by atoms with van der Waals surface area (Å²) in [6, 6.07) is 21.6. The van der Waals surface area contributed by atoms with Gasteiger partial charge in [-0.25, -0.2) is 15.0 Å². The van der Waals surface area contributed by atoms with E-state index < -0.39 is 0 Å². The van der Waals surface area contributed by atoms with E-state index in [1.165, 1.54) is 44.2 Å². The first kappa shape index (κ1) is 38.6. The number of benzene rings is 2. The van der Waals surface area contributed by atoms with Crippen molar-refractivity contribution < 1.29 is 14.4 Å². The number of fused-ring (bicyclic) bond motifs is 1. The average molecular weight is 756 g/mol. The number of rotatable bonds is 15. The molecular formula is C44H53N9O3. The lowest BCUT2D eigenvalue weighted by Gasteiger charge is -2.36. The molecule has 3 aromatic heterocycles. The number of likely N-dealkylation sites (tertiary alicyclic amines) is 1. The van der Waals surface area contributed by atoms with Crippen LogP contribution in [0.2, 0.25) is 0 Å². The summed E-state index contributed by atoms with van der Waals surface area (Å²) < 4.78 is 0. The zero-order chi connectivity index (χ0) is 39.0. The molecule has 2 aliphatic rings. The predicted molar refractivity (Wildman–Crippen MR) is 221 cm³/mol. The summed E-state index contributed by atoms with van der Waals surface area (Å²) in [5.74, 6) is 2.07. The molecule has 0 atom stereocenters. The average Bonchev–Trinajstić information content (AvgIpc) is 3.67. The number of hydrogen-bond donors (Lipinski definition) is 3. The molecule has 3 N–H and O–H groups in total. The first-order chi connectivity index (χ1) is 27.3. The molecule has 292 valence electrons. The van der Waals surface area contributed by atoms with E-state index in [0.717, 1.165) is 100 Å². The van der Waals surface area contributed by atoms with Gasteiger partial charge in [-0.1, -0.05) is 36.4 Å². The Hall–Kier alpha value is -5.62. The summed E-state index contributed by atoms with van der Waals surface area (Å²) in [5.41, 5.74) is 10.5. The lowest BCUT2D eigenvalue weighted by atomic mass is 9.88. The van der Waals surface area contributed by atoms with Crippen molar-refractivity contribution >= 4 is 41.3 Å². The van der Waals surface area contributed by atoms with E-state index in [9.17, 15) is 14.4 Å². The number of aromatic nitrogens is 4. The number of aryl methyl sites for hydroxylation is 2. The molecule has 5 heterocycles. The summed E-state index contributed by atoms with van der Waals surface area (Å²) in [6.07, 6.45) is 9.03. The Balaban J connectivity index is 0.866. The monoisotopic (exact) mass is 755 g/mol. The first-order valence-corrected chi connectivity index (χ1v) is 19.9. The Morgan fingerprint density at radius 3 is 2.39 bits per heavy atom. The zero-order valence-corrected chi connectivity index (χ0v) is 32.8. The maximum absolute atomic E-state index is 11.7. The van der Waals surface area contributed by atoms with Crippen LogP contribution in [0.4, 0.5) is 11.5 Å². The van der Waals surface area contributed by atoms with Crippen LogP contribution in [0.1, 0.15) is 66.8 Å². The first-order valence-electron chi connectivity index (χ1n) is 19.9. The molecule has 0 unspecified atom stereocenters. The van der Waals surface area contributed by atoms with Gasteiger partial charge in [0.15, 0.2) is 0 Å². The van der Waals surface area contributed by atoms with E-state index in [1.54, 1.807) is 6.33 Å². The third-order valence-electron chi connectivity index (χ3n) is 11.8. The van der Waals surface area contributed by atoms with Crippen LogP contribution in [0.25, 0.3) is 33.5 Å². The van der Waals surface area contributed by atoms with Crippen molar-refractivity contribution in [2.24, 2.45) is 5.92 Å². The normalized spacial score (nSPS) is 15.5. The zero-order valence-electron chi connectivity index (χ0n) is 32.8. The van der Waals surface area contributed by atoms with Gasteiger partial charge < -0.3 is 25.0 Å². The Labute approximate surface area is 329 Å². The van der Waals surface area contributed by atoms with Crippen LogP contribution in [0.15, 0.2) is 67.0 Å². The van der Waals surface area contributed by atoms with Crippen molar-refractivity contribution in [3.63, 3.8) is 0 Å². The number of amides is 3. The minimum Gasteiger partial charge on any atom is -0.373 e. The Bertz CT molecular complexity index is 2130. The van der Waals surface area contributed by atoms with Gasteiger partial charge in [-0.15, -0.1) is 0 Å². The second kappa shape index (κ2) is 17.9. The highest BCUT2D eigenvalue weighted by atomic mass is 16.2. The fourth-order valence-electron chi connectivity index (χ4n) is 8.41. The topological polar surface area (TPSA) is 139 Å². The van der Waals surface area contributed by atoms with Crippen molar-refractivity contribution in [3.8, 4) is 22.5 Å². The van der Waals surface area contributed by atoms with Crippen molar-refractivity contribution in [2.45, 2.75) is 64.8 Å². The molecule has 2 fully saturated rings. The molecule has 3 amide bonds. The Morgan fingerprint density at radius 2 is 1.68 bits per heavy atom. The molecule has 7 rings (SSSR count). The maximum Gasteiger partial charge on any atom is 0.228 e. The second-order valence-electron chi connectivity index (χ2n) is 15.4. The van der Waals surface area contributed by atoms with Crippen LogP contribution in [0.3, 0.4) is 0 Å². The molecule has 2 aromatic carbocycles. The lowest BCUT2D eigenvalue weighted by molar-refractivity contribution is -0.125. The molecule has 2 saturated heterocycles. The van der Waals surface area contributed by atoms with Crippen molar-refractivity contribution in [2.75, 3.05) is 56.1 Å². The number of H-pyrrole nitrogens is 1. The highest BCUT2D eigenvalue weighted by Crippen LogP contribution is 2.34. The number of anilines is 2. The summed E-state index contributed by atoms with van der Waals surface area (Å²) >= 11 is 0. The number of nitrogens with one attached hydrogen (secondary N) is 3. The molecule has 0 aliphatic carbocycles. The summed E-state index contributed by atoms with van der Waals surface area (Å²) in [4.78, 5) is 57.6. The standard InChI is InChI=1S/C44H53N9O3/c1-30-24-36(8-9-37(30)26-45-28-54)43-38-25-39(50-44(38)47-27-46-43)35-6-4-33(5-7-35)34-15-20-52(21-16-34)19-12-32-13-22-53(23-14-32)41-11-10-40(31(2)49-41)51(3)18-17-42(56)48-29-55/h4-11,24-25,27-29,32,34H,12-23,26H2,1-3H3,(H,45,54)(H,46,47,50)(H,48,55,56). The molecule has 12 heteroatoms. The van der Waals surface area contributed by atoms with Gasteiger partial charge in [-0.2, -0.15) is 0 Å². The van der Waals surface area contributed by atoms with Crippen LogP contribution in [-0.4, -0.2) is 89.9 Å². The molecule has 0 bridgehead atoms. The Kier molecular flexibility index (Phi) is 12.3. The number of nitrogens with zero attached hydrogens (tertiary/aromatic N) is 6. The highest BCUT2D eigenvalue weighted by Gasteiger charge is 2.25. The number of hydrogen-bond acceptors (Lipinski definition) is 9. The SMILES string of the molecule is Cc1cc(-c2ncnc3[nH]c(-c4ccc(C5CCN(CCC6CCN(c7ccc(N(C)CCC(=O)NC=O)c(C)n7)CC6)CC5)cc4)cc23)ccc1CNC=O. The number of pyridine rings is 1. The van der Waals surface area contributed by atoms with E-state index in [0.29, 0.717) is 25.4 Å².